The van der Waals surface area contributed by atoms with Gasteiger partial charge in [0.1, 0.15) is 12.0 Å². The summed E-state index contributed by atoms with van der Waals surface area (Å²) in [7, 11) is 0. The predicted octanol–water partition coefficient (Wildman–Crippen LogP) is 3.00. The summed E-state index contributed by atoms with van der Waals surface area (Å²) in [5, 5.41) is 2.71. The number of anilines is 1. The van der Waals surface area contributed by atoms with Crippen LogP contribution in [0.25, 0.3) is 0 Å². The highest BCUT2D eigenvalue weighted by Gasteiger charge is 2.12. The molecule has 136 valence electrons. The Morgan fingerprint density at radius 1 is 1.08 bits per heavy atom. The van der Waals surface area contributed by atoms with Crippen LogP contribution in [0.5, 0.6) is 5.75 Å². The molecule has 2 aromatic rings. The van der Waals surface area contributed by atoms with E-state index < -0.39 is 0 Å². The number of ether oxygens (including phenoxy) is 1. The van der Waals surface area contributed by atoms with Gasteiger partial charge in [-0.3, -0.25) is 14.4 Å². The van der Waals surface area contributed by atoms with Crippen molar-refractivity contribution in [2.24, 2.45) is 0 Å². The molecule has 0 aromatic heterocycles. The van der Waals surface area contributed by atoms with E-state index in [4.69, 9.17) is 4.74 Å². The third-order valence-electron chi connectivity index (χ3n) is 3.83. The van der Waals surface area contributed by atoms with Gasteiger partial charge in [-0.15, -0.1) is 0 Å². The zero-order valence-electron chi connectivity index (χ0n) is 14.9. The topological polar surface area (TPSA) is 75.7 Å². The van der Waals surface area contributed by atoms with Crippen LogP contribution in [0.1, 0.15) is 34.6 Å². The highest BCUT2D eigenvalue weighted by molar-refractivity contribution is 5.96. The zero-order valence-corrected chi connectivity index (χ0v) is 14.9. The van der Waals surface area contributed by atoms with E-state index in [1.807, 2.05) is 13.8 Å². The molecular formula is C20H22N2O4. The minimum absolute atomic E-state index is 0.0359. The average molecular weight is 354 g/mol. The monoisotopic (exact) mass is 354 g/mol. The number of hydrogen-bond acceptors (Lipinski definition) is 4. The summed E-state index contributed by atoms with van der Waals surface area (Å²) in [6, 6.07) is 13.3. The molecule has 0 aliphatic rings. The maximum Gasteiger partial charge on any atom is 0.262 e. The van der Waals surface area contributed by atoms with Gasteiger partial charge in [0.05, 0.1) is 0 Å². The zero-order chi connectivity index (χ0) is 18.9. The van der Waals surface area contributed by atoms with Gasteiger partial charge in [-0.2, -0.15) is 0 Å². The van der Waals surface area contributed by atoms with Crippen molar-refractivity contribution in [3.8, 4) is 5.75 Å². The Bertz CT molecular complexity index is 768. The molecule has 0 aliphatic heterocycles. The van der Waals surface area contributed by atoms with Crippen molar-refractivity contribution >= 4 is 23.8 Å². The lowest BCUT2D eigenvalue weighted by Gasteiger charge is -2.18. The molecule has 2 rings (SSSR count). The summed E-state index contributed by atoms with van der Waals surface area (Å²) in [6.07, 6.45) is 0.716. The fourth-order valence-electron chi connectivity index (χ4n) is 2.41. The highest BCUT2D eigenvalue weighted by Crippen LogP contribution is 2.14. The van der Waals surface area contributed by atoms with E-state index in [0.29, 0.717) is 41.9 Å². The molecule has 0 heterocycles. The molecular weight excluding hydrogens is 332 g/mol. The van der Waals surface area contributed by atoms with Gasteiger partial charge in [0.15, 0.2) is 6.61 Å². The SMILES string of the molecule is CCN(CC)C(=O)c1ccc(NC(=O)COc2cccc(C=O)c2)cc1. The van der Waals surface area contributed by atoms with E-state index in [0.717, 1.165) is 0 Å². The first-order chi connectivity index (χ1) is 12.6. The number of carbonyl (C=O) groups excluding carboxylic acids is 3. The van der Waals surface area contributed by atoms with Gasteiger partial charge in [0.25, 0.3) is 11.8 Å². The van der Waals surface area contributed by atoms with Crippen LogP contribution in [0.3, 0.4) is 0 Å². The molecule has 0 aliphatic carbocycles. The third kappa shape index (κ3) is 5.17. The van der Waals surface area contributed by atoms with Crippen LogP contribution in [-0.2, 0) is 4.79 Å². The molecule has 1 N–H and O–H groups in total. The maximum atomic E-state index is 12.2. The molecule has 0 atom stereocenters. The Labute approximate surface area is 152 Å². The van der Waals surface area contributed by atoms with Crippen molar-refractivity contribution in [2.75, 3.05) is 25.0 Å². The molecule has 0 spiro atoms. The van der Waals surface area contributed by atoms with E-state index in [-0.39, 0.29) is 18.4 Å². The van der Waals surface area contributed by atoms with Gasteiger partial charge in [-0.05, 0) is 50.2 Å². The molecule has 6 heteroatoms. The van der Waals surface area contributed by atoms with Crippen molar-refractivity contribution in [1.29, 1.82) is 0 Å². The van der Waals surface area contributed by atoms with Crippen LogP contribution in [0, 0.1) is 0 Å². The number of aldehydes is 1. The minimum atomic E-state index is -0.329. The van der Waals surface area contributed by atoms with Gasteiger partial charge in [0.2, 0.25) is 0 Å². The molecule has 6 nitrogen and oxygen atoms in total. The van der Waals surface area contributed by atoms with E-state index in [1.165, 1.54) is 0 Å². The number of nitrogens with one attached hydrogen (secondary N) is 1. The Kier molecular flexibility index (Phi) is 6.91. The predicted molar refractivity (Wildman–Crippen MR) is 99.6 cm³/mol. The summed E-state index contributed by atoms with van der Waals surface area (Å²) >= 11 is 0. The second-order valence-corrected chi connectivity index (χ2v) is 5.58. The largest absolute Gasteiger partial charge is 0.484 e. The van der Waals surface area contributed by atoms with Crippen LogP contribution in [-0.4, -0.2) is 42.7 Å². The molecule has 0 saturated carbocycles. The number of nitrogens with zero attached hydrogens (tertiary/aromatic N) is 1. The Morgan fingerprint density at radius 2 is 1.77 bits per heavy atom. The van der Waals surface area contributed by atoms with Crippen LogP contribution in [0.15, 0.2) is 48.5 Å². The van der Waals surface area contributed by atoms with Crippen molar-refractivity contribution in [1.82, 2.24) is 4.90 Å². The smallest absolute Gasteiger partial charge is 0.262 e. The van der Waals surface area contributed by atoms with Gasteiger partial charge >= 0.3 is 0 Å². The first-order valence-electron chi connectivity index (χ1n) is 8.44. The van der Waals surface area contributed by atoms with Crippen LogP contribution >= 0.6 is 0 Å². The summed E-state index contributed by atoms with van der Waals surface area (Å²) in [5.41, 5.74) is 1.64. The highest BCUT2D eigenvalue weighted by atomic mass is 16.5. The van der Waals surface area contributed by atoms with Gasteiger partial charge < -0.3 is 15.0 Å². The van der Waals surface area contributed by atoms with E-state index in [9.17, 15) is 14.4 Å². The van der Waals surface area contributed by atoms with Crippen LogP contribution < -0.4 is 10.1 Å². The quantitative estimate of drug-likeness (QED) is 0.740. The summed E-state index contributed by atoms with van der Waals surface area (Å²) in [5.74, 6) is 0.0838. The second kappa shape index (κ2) is 9.36. The Morgan fingerprint density at radius 3 is 2.38 bits per heavy atom. The number of hydrogen-bond donors (Lipinski definition) is 1. The van der Waals surface area contributed by atoms with E-state index >= 15 is 0 Å². The Hall–Kier alpha value is -3.15. The van der Waals surface area contributed by atoms with E-state index in [1.54, 1.807) is 53.4 Å². The van der Waals surface area contributed by atoms with Gasteiger partial charge in [0, 0.05) is 29.9 Å². The van der Waals surface area contributed by atoms with Crippen molar-refractivity contribution in [3.63, 3.8) is 0 Å². The number of amides is 2. The fourth-order valence-corrected chi connectivity index (χ4v) is 2.41. The molecule has 0 unspecified atom stereocenters. The van der Waals surface area contributed by atoms with E-state index in [2.05, 4.69) is 5.32 Å². The number of carbonyl (C=O) groups is 3. The second-order valence-electron chi connectivity index (χ2n) is 5.58. The van der Waals surface area contributed by atoms with Crippen LogP contribution in [0.4, 0.5) is 5.69 Å². The van der Waals surface area contributed by atoms with Gasteiger partial charge in [-0.25, -0.2) is 0 Å². The molecule has 2 aromatic carbocycles. The lowest BCUT2D eigenvalue weighted by atomic mass is 10.2. The first kappa shape index (κ1) is 19.2. The standard InChI is InChI=1S/C20H22N2O4/c1-3-22(4-2)20(25)16-8-10-17(11-9-16)21-19(24)14-26-18-7-5-6-15(12-18)13-23/h5-13H,3-4,14H2,1-2H3,(H,21,24). The van der Waals surface area contributed by atoms with Crippen LogP contribution in [0.2, 0.25) is 0 Å². The number of benzene rings is 2. The lowest BCUT2D eigenvalue weighted by Crippen LogP contribution is -2.30. The minimum Gasteiger partial charge on any atom is -0.484 e. The van der Waals surface area contributed by atoms with Gasteiger partial charge in [-0.1, -0.05) is 12.1 Å². The molecule has 26 heavy (non-hydrogen) atoms. The normalized spacial score (nSPS) is 10.1. The third-order valence-corrected chi connectivity index (χ3v) is 3.83. The summed E-state index contributed by atoms with van der Waals surface area (Å²) < 4.78 is 5.37. The lowest BCUT2D eigenvalue weighted by molar-refractivity contribution is -0.118. The molecule has 0 fully saturated rings. The van der Waals surface area contributed by atoms with Crippen molar-refractivity contribution < 1.29 is 19.1 Å². The number of rotatable bonds is 8. The van der Waals surface area contributed by atoms with Crippen molar-refractivity contribution in [2.45, 2.75) is 13.8 Å². The Balaban J connectivity index is 1.90. The first-order valence-corrected chi connectivity index (χ1v) is 8.44. The summed E-state index contributed by atoms with van der Waals surface area (Å²) in [4.78, 5) is 36.7. The average Bonchev–Trinajstić information content (AvgIpc) is 2.68. The van der Waals surface area contributed by atoms with Crippen molar-refractivity contribution in [3.05, 3.63) is 59.7 Å². The maximum absolute atomic E-state index is 12.2. The fraction of sp³-hybridized carbons (Fsp3) is 0.250. The molecule has 0 saturated heterocycles. The molecule has 0 bridgehead atoms. The molecule has 2 amide bonds. The summed E-state index contributed by atoms with van der Waals surface area (Å²) in [6.45, 7) is 4.98. The molecule has 0 radical (unpaired) electrons.